The van der Waals surface area contributed by atoms with Crippen molar-refractivity contribution in [3.8, 4) is 6.01 Å². The third-order valence-electron chi connectivity index (χ3n) is 4.58. The summed E-state index contributed by atoms with van der Waals surface area (Å²) in [5.74, 6) is 0.136. The number of aryl methyl sites for hydroxylation is 2. The summed E-state index contributed by atoms with van der Waals surface area (Å²) < 4.78 is 5.79. The molecule has 5 nitrogen and oxygen atoms in total. The fraction of sp³-hybridized carbons (Fsp3) is 0.450. The zero-order chi connectivity index (χ0) is 17.5. The van der Waals surface area contributed by atoms with Gasteiger partial charge in [-0.25, -0.2) is 9.97 Å². The summed E-state index contributed by atoms with van der Waals surface area (Å²) in [6.45, 7) is 2.07. The Morgan fingerprint density at radius 2 is 1.92 bits per heavy atom. The number of aromatic nitrogens is 2. The molecule has 0 atom stereocenters. The van der Waals surface area contributed by atoms with Crippen LogP contribution in [0.1, 0.15) is 43.2 Å². The Morgan fingerprint density at radius 1 is 1.16 bits per heavy atom. The van der Waals surface area contributed by atoms with E-state index < -0.39 is 0 Å². The minimum atomic E-state index is 0.136. The number of nitrogens with one attached hydrogen (secondary N) is 1. The van der Waals surface area contributed by atoms with Crippen molar-refractivity contribution in [1.29, 1.82) is 0 Å². The van der Waals surface area contributed by atoms with Crippen LogP contribution in [0.15, 0.2) is 42.7 Å². The van der Waals surface area contributed by atoms with Gasteiger partial charge in [0.25, 0.3) is 0 Å². The molecule has 0 aliphatic heterocycles. The van der Waals surface area contributed by atoms with Crippen LogP contribution in [0, 0.1) is 6.92 Å². The lowest BCUT2D eigenvalue weighted by Gasteiger charge is -2.28. The first-order chi connectivity index (χ1) is 12.2. The van der Waals surface area contributed by atoms with Crippen molar-refractivity contribution in [3.05, 3.63) is 53.9 Å². The molecule has 2 aromatic rings. The normalized spacial score (nSPS) is 20.0. The van der Waals surface area contributed by atoms with Gasteiger partial charge in [-0.3, -0.25) is 4.79 Å². The number of amides is 1. The third-order valence-corrected chi connectivity index (χ3v) is 4.58. The van der Waals surface area contributed by atoms with E-state index in [1.807, 2.05) is 6.07 Å². The molecule has 3 rings (SSSR count). The molecule has 0 bridgehead atoms. The zero-order valence-electron chi connectivity index (χ0n) is 14.6. The largest absolute Gasteiger partial charge is 0.460 e. The first kappa shape index (κ1) is 17.4. The SMILES string of the molecule is Cc1cccc(CCC(=O)NC2CCC(Oc3ncccn3)CC2)c1. The second-order valence-corrected chi connectivity index (χ2v) is 6.68. The molecule has 1 saturated carbocycles. The monoisotopic (exact) mass is 339 g/mol. The van der Waals surface area contributed by atoms with Gasteiger partial charge in [-0.1, -0.05) is 29.8 Å². The number of carbonyl (C=O) groups excluding carboxylic acids is 1. The van der Waals surface area contributed by atoms with Crippen LogP contribution >= 0.6 is 0 Å². The van der Waals surface area contributed by atoms with E-state index in [9.17, 15) is 4.79 Å². The highest BCUT2D eigenvalue weighted by Gasteiger charge is 2.24. The predicted octanol–water partition coefficient (Wildman–Crippen LogP) is 3.22. The second-order valence-electron chi connectivity index (χ2n) is 6.68. The molecule has 1 aliphatic rings. The van der Waals surface area contributed by atoms with Gasteiger partial charge in [0.2, 0.25) is 5.91 Å². The molecule has 25 heavy (non-hydrogen) atoms. The Kier molecular flexibility index (Phi) is 5.99. The van der Waals surface area contributed by atoms with Gasteiger partial charge in [-0.15, -0.1) is 0 Å². The summed E-state index contributed by atoms with van der Waals surface area (Å²) in [6.07, 6.45) is 8.55. The quantitative estimate of drug-likeness (QED) is 0.877. The highest BCUT2D eigenvalue weighted by molar-refractivity contribution is 5.76. The lowest BCUT2D eigenvalue weighted by molar-refractivity contribution is -0.122. The molecule has 0 radical (unpaired) electrons. The maximum atomic E-state index is 12.2. The van der Waals surface area contributed by atoms with Gasteiger partial charge in [-0.2, -0.15) is 0 Å². The number of hydrogen-bond donors (Lipinski definition) is 1. The average Bonchev–Trinajstić information content (AvgIpc) is 2.63. The zero-order valence-corrected chi connectivity index (χ0v) is 14.6. The molecule has 1 aromatic heterocycles. The van der Waals surface area contributed by atoms with E-state index in [-0.39, 0.29) is 18.1 Å². The molecule has 132 valence electrons. The van der Waals surface area contributed by atoms with Gasteiger partial charge < -0.3 is 10.1 Å². The average molecular weight is 339 g/mol. The van der Waals surface area contributed by atoms with Crippen LogP contribution in [-0.2, 0) is 11.2 Å². The highest BCUT2D eigenvalue weighted by atomic mass is 16.5. The van der Waals surface area contributed by atoms with Gasteiger partial charge in [0.1, 0.15) is 6.10 Å². The Morgan fingerprint density at radius 3 is 2.64 bits per heavy atom. The summed E-state index contributed by atoms with van der Waals surface area (Å²) in [4.78, 5) is 20.4. The number of nitrogens with zero attached hydrogens (tertiary/aromatic N) is 2. The molecule has 0 saturated heterocycles. The molecule has 1 heterocycles. The summed E-state index contributed by atoms with van der Waals surface area (Å²) in [5.41, 5.74) is 2.45. The van der Waals surface area contributed by atoms with Gasteiger partial charge in [0.05, 0.1) is 0 Å². The fourth-order valence-corrected chi connectivity index (χ4v) is 3.25. The molecule has 1 aromatic carbocycles. The van der Waals surface area contributed by atoms with Crippen molar-refractivity contribution >= 4 is 5.91 Å². The van der Waals surface area contributed by atoms with E-state index >= 15 is 0 Å². The standard InChI is InChI=1S/C20H25N3O2/c1-15-4-2-5-16(14-15)6-11-19(24)23-17-7-9-18(10-8-17)25-20-21-12-3-13-22-20/h2-5,12-14,17-18H,6-11H2,1H3,(H,23,24). The molecular formula is C20H25N3O2. The first-order valence-electron chi connectivity index (χ1n) is 8.97. The minimum Gasteiger partial charge on any atom is -0.460 e. The number of benzene rings is 1. The second kappa shape index (κ2) is 8.60. The van der Waals surface area contributed by atoms with Crippen molar-refractivity contribution in [3.63, 3.8) is 0 Å². The van der Waals surface area contributed by atoms with E-state index in [4.69, 9.17) is 4.74 Å². The van der Waals surface area contributed by atoms with Crippen LogP contribution in [0.2, 0.25) is 0 Å². The van der Waals surface area contributed by atoms with Crippen LogP contribution < -0.4 is 10.1 Å². The van der Waals surface area contributed by atoms with Crippen LogP contribution in [-0.4, -0.2) is 28.0 Å². The van der Waals surface area contributed by atoms with Crippen molar-refractivity contribution in [2.45, 2.75) is 57.6 Å². The lowest BCUT2D eigenvalue weighted by Crippen LogP contribution is -2.39. The van der Waals surface area contributed by atoms with Crippen molar-refractivity contribution in [2.24, 2.45) is 0 Å². The van der Waals surface area contributed by atoms with E-state index in [1.165, 1.54) is 11.1 Å². The Bertz CT molecular complexity index is 682. The van der Waals surface area contributed by atoms with E-state index in [0.29, 0.717) is 12.4 Å². The van der Waals surface area contributed by atoms with Crippen LogP contribution in [0.3, 0.4) is 0 Å². The Balaban J connectivity index is 1.37. The third kappa shape index (κ3) is 5.55. The molecule has 0 unspecified atom stereocenters. The molecule has 1 N–H and O–H groups in total. The summed E-state index contributed by atoms with van der Waals surface area (Å²) >= 11 is 0. The minimum absolute atomic E-state index is 0.136. The maximum absolute atomic E-state index is 12.2. The van der Waals surface area contributed by atoms with Crippen molar-refractivity contribution in [2.75, 3.05) is 0 Å². The Hall–Kier alpha value is -2.43. The van der Waals surface area contributed by atoms with Gasteiger partial charge >= 0.3 is 6.01 Å². The van der Waals surface area contributed by atoms with Gasteiger partial charge in [0.15, 0.2) is 0 Å². The molecule has 1 fully saturated rings. The number of hydrogen-bond acceptors (Lipinski definition) is 4. The van der Waals surface area contributed by atoms with Crippen molar-refractivity contribution < 1.29 is 9.53 Å². The van der Waals surface area contributed by atoms with E-state index in [0.717, 1.165) is 32.1 Å². The topological polar surface area (TPSA) is 64.1 Å². The van der Waals surface area contributed by atoms with Crippen LogP contribution in [0.4, 0.5) is 0 Å². The molecular weight excluding hydrogens is 314 g/mol. The van der Waals surface area contributed by atoms with E-state index in [1.54, 1.807) is 18.5 Å². The molecule has 1 aliphatic carbocycles. The molecule has 5 heteroatoms. The number of ether oxygens (including phenoxy) is 1. The van der Waals surface area contributed by atoms with Gasteiger partial charge in [-0.05, 0) is 50.7 Å². The fourth-order valence-electron chi connectivity index (χ4n) is 3.25. The Labute approximate surface area is 148 Å². The van der Waals surface area contributed by atoms with Crippen LogP contribution in [0.25, 0.3) is 0 Å². The maximum Gasteiger partial charge on any atom is 0.316 e. The summed E-state index contributed by atoms with van der Waals surface area (Å²) in [6, 6.07) is 10.8. The van der Waals surface area contributed by atoms with Crippen molar-refractivity contribution in [1.82, 2.24) is 15.3 Å². The lowest BCUT2D eigenvalue weighted by atomic mass is 9.93. The molecule has 1 amide bonds. The summed E-state index contributed by atoms with van der Waals surface area (Å²) in [7, 11) is 0. The first-order valence-corrected chi connectivity index (χ1v) is 8.97. The number of carbonyl (C=O) groups is 1. The van der Waals surface area contributed by atoms with Gasteiger partial charge in [0, 0.05) is 24.9 Å². The molecule has 0 spiro atoms. The predicted molar refractivity (Wildman–Crippen MR) is 96.3 cm³/mol. The summed E-state index contributed by atoms with van der Waals surface area (Å²) in [5, 5.41) is 3.16. The van der Waals surface area contributed by atoms with E-state index in [2.05, 4.69) is 40.4 Å². The number of rotatable bonds is 6. The smallest absolute Gasteiger partial charge is 0.316 e. The highest BCUT2D eigenvalue weighted by Crippen LogP contribution is 2.22. The van der Waals surface area contributed by atoms with Crippen LogP contribution in [0.5, 0.6) is 6.01 Å².